The minimum Gasteiger partial charge on any atom is -0.478 e. The molecule has 0 saturated heterocycles. The number of carboxylic acid groups (broad SMARTS) is 1. The van der Waals surface area contributed by atoms with Crippen molar-refractivity contribution < 1.29 is 9.90 Å². The molecular weight excluding hydrogens is 130 g/mol. The van der Waals surface area contributed by atoms with Crippen LogP contribution in [0, 0.1) is 5.41 Å². The normalized spacial score (nSPS) is 8.80. The molecule has 10 heavy (non-hydrogen) atoms. The maximum absolute atomic E-state index is 10.1. The lowest BCUT2D eigenvalue weighted by atomic mass is 10.1. The molecule has 3 nitrogen and oxygen atoms in total. The first-order valence-electron chi connectivity index (χ1n) is 3.08. The van der Waals surface area contributed by atoms with E-state index < -0.39 is 5.97 Å². The van der Waals surface area contributed by atoms with Gasteiger partial charge in [-0.05, 0) is 25.5 Å². The molecule has 0 aromatic rings. The van der Waals surface area contributed by atoms with Gasteiger partial charge in [0.2, 0.25) is 0 Å². The molecule has 3 heteroatoms. The van der Waals surface area contributed by atoms with Gasteiger partial charge in [-0.2, -0.15) is 0 Å². The van der Waals surface area contributed by atoms with Gasteiger partial charge in [0.1, 0.15) is 0 Å². The number of carbonyl (C=O) groups is 1. The van der Waals surface area contributed by atoms with E-state index in [1.165, 1.54) is 6.21 Å². The highest BCUT2D eigenvalue weighted by molar-refractivity contribution is 5.85. The van der Waals surface area contributed by atoms with Crippen LogP contribution in [-0.4, -0.2) is 17.3 Å². The van der Waals surface area contributed by atoms with Crippen molar-refractivity contribution in [3.63, 3.8) is 0 Å². The molecule has 0 aromatic heterocycles. The number of nitrogens with one attached hydrogen (secondary N) is 1. The first kappa shape index (κ1) is 8.88. The largest absolute Gasteiger partial charge is 0.478 e. The summed E-state index contributed by atoms with van der Waals surface area (Å²) in [5.41, 5.74) is 0.224. The molecule has 0 aliphatic carbocycles. The van der Waals surface area contributed by atoms with Crippen molar-refractivity contribution in [2.75, 3.05) is 0 Å². The number of rotatable bonds is 5. The molecule has 0 saturated carbocycles. The van der Waals surface area contributed by atoms with Crippen LogP contribution < -0.4 is 0 Å². The molecular formula is C7H11NO2. The van der Waals surface area contributed by atoms with Crippen LogP contribution in [-0.2, 0) is 4.79 Å². The molecule has 0 fully saturated rings. The van der Waals surface area contributed by atoms with E-state index in [-0.39, 0.29) is 5.57 Å². The van der Waals surface area contributed by atoms with E-state index >= 15 is 0 Å². The molecule has 0 bridgehead atoms. The Morgan fingerprint density at radius 1 is 1.70 bits per heavy atom. The second-order valence-corrected chi connectivity index (χ2v) is 2.01. The number of carboxylic acids is 1. The zero-order valence-electron chi connectivity index (χ0n) is 5.76. The predicted octanol–water partition coefficient (Wildman–Crippen LogP) is 1.45. The maximum Gasteiger partial charge on any atom is 0.330 e. The highest BCUT2D eigenvalue weighted by Crippen LogP contribution is 2.03. The molecule has 56 valence electrons. The van der Waals surface area contributed by atoms with Crippen LogP contribution in [0.3, 0.4) is 0 Å². The van der Waals surface area contributed by atoms with Gasteiger partial charge in [0.05, 0.1) is 0 Å². The van der Waals surface area contributed by atoms with E-state index in [4.69, 9.17) is 10.5 Å². The summed E-state index contributed by atoms with van der Waals surface area (Å²) in [6.07, 6.45) is 3.08. The van der Waals surface area contributed by atoms with Crippen LogP contribution in [0.2, 0.25) is 0 Å². The molecule has 0 rings (SSSR count). The van der Waals surface area contributed by atoms with E-state index in [1.807, 2.05) is 0 Å². The third kappa shape index (κ3) is 3.83. The van der Waals surface area contributed by atoms with Crippen LogP contribution in [0.15, 0.2) is 12.2 Å². The fourth-order valence-electron chi connectivity index (χ4n) is 0.524. The minimum absolute atomic E-state index is 0.224. The van der Waals surface area contributed by atoms with Gasteiger partial charge >= 0.3 is 5.97 Å². The lowest BCUT2D eigenvalue weighted by Crippen LogP contribution is -1.98. The van der Waals surface area contributed by atoms with Gasteiger partial charge in [-0.15, -0.1) is 0 Å². The molecule has 0 aliphatic heterocycles. The summed E-state index contributed by atoms with van der Waals surface area (Å²) >= 11 is 0. The number of aliphatic carboxylic acids is 1. The lowest BCUT2D eigenvalue weighted by Gasteiger charge is -1.95. The van der Waals surface area contributed by atoms with Crippen LogP contribution in [0.4, 0.5) is 0 Å². The number of hydrogen-bond donors (Lipinski definition) is 2. The van der Waals surface area contributed by atoms with Crippen molar-refractivity contribution in [2.24, 2.45) is 0 Å². The Morgan fingerprint density at radius 2 is 2.30 bits per heavy atom. The van der Waals surface area contributed by atoms with Crippen molar-refractivity contribution in [1.82, 2.24) is 0 Å². The van der Waals surface area contributed by atoms with Crippen molar-refractivity contribution >= 4 is 12.2 Å². The summed E-state index contributed by atoms with van der Waals surface area (Å²) < 4.78 is 0. The second kappa shape index (κ2) is 4.73. The Morgan fingerprint density at radius 3 is 2.70 bits per heavy atom. The van der Waals surface area contributed by atoms with Gasteiger partial charge in [0.15, 0.2) is 0 Å². The van der Waals surface area contributed by atoms with E-state index in [9.17, 15) is 4.79 Å². The molecule has 0 atom stereocenters. The molecule has 0 aromatic carbocycles. The number of unbranched alkanes of at least 4 members (excludes halogenated alkanes) is 1. The average Bonchev–Trinajstić information content (AvgIpc) is 1.88. The molecule has 0 unspecified atom stereocenters. The molecule has 0 radical (unpaired) electrons. The summed E-state index contributed by atoms with van der Waals surface area (Å²) in [5, 5.41) is 15.0. The van der Waals surface area contributed by atoms with Crippen molar-refractivity contribution in [2.45, 2.75) is 19.3 Å². The van der Waals surface area contributed by atoms with E-state index in [0.717, 1.165) is 0 Å². The van der Waals surface area contributed by atoms with Crippen LogP contribution >= 0.6 is 0 Å². The Balaban J connectivity index is 3.40. The Kier molecular flexibility index (Phi) is 4.20. The van der Waals surface area contributed by atoms with Crippen LogP contribution in [0.5, 0.6) is 0 Å². The molecule has 0 amide bonds. The second-order valence-electron chi connectivity index (χ2n) is 2.01. The summed E-state index contributed by atoms with van der Waals surface area (Å²) in [4.78, 5) is 10.1. The third-order valence-electron chi connectivity index (χ3n) is 1.13. The summed E-state index contributed by atoms with van der Waals surface area (Å²) in [6.45, 7) is 3.35. The smallest absolute Gasteiger partial charge is 0.330 e. The number of hydrogen-bond acceptors (Lipinski definition) is 2. The van der Waals surface area contributed by atoms with Crippen molar-refractivity contribution in [3.05, 3.63) is 12.2 Å². The SMILES string of the molecule is C=C(CCCC=N)C(=O)O. The standard InChI is InChI=1S/C7H11NO2/c1-6(7(9)10)4-2-3-5-8/h5,8H,1-4H2,(H,9,10). The molecule has 0 heterocycles. The monoisotopic (exact) mass is 141 g/mol. The minimum atomic E-state index is -0.940. The predicted molar refractivity (Wildman–Crippen MR) is 39.4 cm³/mol. The maximum atomic E-state index is 10.1. The molecule has 0 aliphatic rings. The Bertz CT molecular complexity index is 152. The Hall–Kier alpha value is -1.12. The van der Waals surface area contributed by atoms with Crippen molar-refractivity contribution in [3.8, 4) is 0 Å². The van der Waals surface area contributed by atoms with Crippen LogP contribution in [0.1, 0.15) is 19.3 Å². The van der Waals surface area contributed by atoms with E-state index in [1.54, 1.807) is 0 Å². The van der Waals surface area contributed by atoms with Gasteiger partial charge < -0.3 is 10.5 Å². The fourth-order valence-corrected chi connectivity index (χ4v) is 0.524. The highest BCUT2D eigenvalue weighted by Gasteiger charge is 2.01. The van der Waals surface area contributed by atoms with Gasteiger partial charge in [-0.25, -0.2) is 4.79 Å². The van der Waals surface area contributed by atoms with Crippen LogP contribution in [0.25, 0.3) is 0 Å². The fraction of sp³-hybridized carbons (Fsp3) is 0.429. The third-order valence-corrected chi connectivity index (χ3v) is 1.13. The Labute approximate surface area is 59.9 Å². The summed E-state index contributed by atoms with van der Waals surface area (Å²) in [5.74, 6) is -0.940. The van der Waals surface area contributed by atoms with E-state index in [0.29, 0.717) is 19.3 Å². The quantitative estimate of drug-likeness (QED) is 0.346. The van der Waals surface area contributed by atoms with Crippen molar-refractivity contribution in [1.29, 1.82) is 5.41 Å². The van der Waals surface area contributed by atoms with Gasteiger partial charge in [-0.1, -0.05) is 6.58 Å². The summed E-state index contributed by atoms with van der Waals surface area (Å²) in [7, 11) is 0. The lowest BCUT2D eigenvalue weighted by molar-refractivity contribution is -0.132. The van der Waals surface area contributed by atoms with Gasteiger partial charge in [-0.3, -0.25) is 0 Å². The first-order chi connectivity index (χ1) is 4.68. The summed E-state index contributed by atoms with van der Waals surface area (Å²) in [6, 6.07) is 0. The average molecular weight is 141 g/mol. The van der Waals surface area contributed by atoms with Gasteiger partial charge in [0.25, 0.3) is 0 Å². The molecule has 0 spiro atoms. The zero-order chi connectivity index (χ0) is 7.98. The topological polar surface area (TPSA) is 61.2 Å². The zero-order valence-corrected chi connectivity index (χ0v) is 5.76. The van der Waals surface area contributed by atoms with Gasteiger partial charge in [0, 0.05) is 5.57 Å². The van der Waals surface area contributed by atoms with E-state index in [2.05, 4.69) is 6.58 Å². The first-order valence-corrected chi connectivity index (χ1v) is 3.08. The highest BCUT2D eigenvalue weighted by atomic mass is 16.4. The molecule has 2 N–H and O–H groups in total.